The second-order valence-electron chi connectivity index (χ2n) is 8.32. The Balaban J connectivity index is 1.52. The summed E-state index contributed by atoms with van der Waals surface area (Å²) in [5.41, 5.74) is 0.979. The Hall–Kier alpha value is -2.70. The number of carbonyl (C=O) groups is 2. The van der Waals surface area contributed by atoms with Gasteiger partial charge in [-0.25, -0.2) is 4.98 Å². The van der Waals surface area contributed by atoms with Crippen molar-refractivity contribution < 1.29 is 9.59 Å². The van der Waals surface area contributed by atoms with Gasteiger partial charge in [-0.1, -0.05) is 26.2 Å². The summed E-state index contributed by atoms with van der Waals surface area (Å²) in [7, 11) is 0. The van der Waals surface area contributed by atoms with Crippen molar-refractivity contribution in [1.82, 2.24) is 14.9 Å². The molecule has 1 saturated carbocycles. The molecule has 7 heteroatoms. The van der Waals surface area contributed by atoms with Crippen molar-refractivity contribution in [2.75, 3.05) is 5.32 Å². The molecule has 0 saturated heterocycles. The molecule has 0 spiro atoms. The molecule has 2 N–H and O–H groups in total. The molecule has 0 radical (unpaired) electrons. The van der Waals surface area contributed by atoms with Gasteiger partial charge >= 0.3 is 11.8 Å². The maximum Gasteiger partial charge on any atom is 0.313 e. The first-order valence-corrected chi connectivity index (χ1v) is 10.7. The van der Waals surface area contributed by atoms with Crippen molar-refractivity contribution in [2.24, 2.45) is 5.92 Å². The molecule has 1 aliphatic heterocycles. The van der Waals surface area contributed by atoms with E-state index in [9.17, 15) is 14.4 Å². The predicted octanol–water partition coefficient (Wildman–Crippen LogP) is 2.76. The SMILES string of the molecule is CC1CCCCC1NC(=O)C(=O)Nc1ccc2nc3n(c(=O)c2c1)CCCCC3. The predicted molar refractivity (Wildman–Crippen MR) is 112 cm³/mol. The molecule has 1 aliphatic carbocycles. The number of hydrogen-bond acceptors (Lipinski definition) is 4. The molecule has 4 rings (SSSR count). The molecule has 2 atom stereocenters. The molecule has 2 unspecified atom stereocenters. The van der Waals surface area contributed by atoms with E-state index in [0.29, 0.717) is 29.1 Å². The van der Waals surface area contributed by atoms with Crippen LogP contribution in [0, 0.1) is 5.92 Å². The van der Waals surface area contributed by atoms with Gasteiger partial charge in [-0.2, -0.15) is 0 Å². The monoisotopic (exact) mass is 396 g/mol. The standard InChI is InChI=1S/C22H28N4O3/c1-14-7-4-5-8-17(14)25-21(28)20(27)23-15-10-11-18-16(13-15)22(29)26-12-6-2-3-9-19(26)24-18/h10-11,13-14,17H,2-9,12H2,1H3,(H,23,27)(H,25,28). The summed E-state index contributed by atoms with van der Waals surface area (Å²) in [6.07, 6.45) is 8.13. The van der Waals surface area contributed by atoms with Crippen molar-refractivity contribution in [3.05, 3.63) is 34.4 Å². The van der Waals surface area contributed by atoms with Gasteiger partial charge in [0.2, 0.25) is 0 Å². The second-order valence-corrected chi connectivity index (χ2v) is 8.32. The minimum Gasteiger partial charge on any atom is -0.345 e. The summed E-state index contributed by atoms with van der Waals surface area (Å²) in [5, 5.41) is 5.95. The molecular weight excluding hydrogens is 368 g/mol. The Bertz CT molecular complexity index is 997. The van der Waals surface area contributed by atoms with Crippen molar-refractivity contribution in [3.8, 4) is 0 Å². The maximum atomic E-state index is 12.9. The fraction of sp³-hybridized carbons (Fsp3) is 0.545. The Labute approximate surface area is 169 Å². The number of rotatable bonds is 2. The van der Waals surface area contributed by atoms with Gasteiger partial charge < -0.3 is 10.6 Å². The third-order valence-electron chi connectivity index (χ3n) is 6.21. The molecule has 1 fully saturated rings. The Kier molecular flexibility index (Phi) is 5.65. The fourth-order valence-electron chi connectivity index (χ4n) is 4.45. The van der Waals surface area contributed by atoms with Crippen LogP contribution in [-0.4, -0.2) is 27.4 Å². The molecule has 2 amide bonds. The Morgan fingerprint density at radius 2 is 1.90 bits per heavy atom. The van der Waals surface area contributed by atoms with E-state index in [-0.39, 0.29) is 11.6 Å². The zero-order valence-corrected chi connectivity index (χ0v) is 16.9. The van der Waals surface area contributed by atoms with Gasteiger partial charge in [0.05, 0.1) is 10.9 Å². The molecule has 0 bridgehead atoms. The van der Waals surface area contributed by atoms with E-state index in [1.165, 1.54) is 6.42 Å². The van der Waals surface area contributed by atoms with Crippen molar-refractivity contribution in [2.45, 2.75) is 70.9 Å². The molecule has 2 aliphatic rings. The first-order valence-electron chi connectivity index (χ1n) is 10.7. The zero-order valence-electron chi connectivity index (χ0n) is 16.9. The van der Waals surface area contributed by atoms with E-state index < -0.39 is 11.8 Å². The maximum absolute atomic E-state index is 12.9. The molecular formula is C22H28N4O3. The van der Waals surface area contributed by atoms with Gasteiger partial charge in [-0.3, -0.25) is 19.0 Å². The molecule has 2 heterocycles. The number of aryl methyl sites for hydroxylation is 1. The summed E-state index contributed by atoms with van der Waals surface area (Å²) < 4.78 is 1.75. The Morgan fingerprint density at radius 1 is 1.07 bits per heavy atom. The summed E-state index contributed by atoms with van der Waals surface area (Å²) in [6, 6.07) is 5.09. The van der Waals surface area contributed by atoms with E-state index in [2.05, 4.69) is 22.5 Å². The van der Waals surface area contributed by atoms with Gasteiger partial charge in [-0.15, -0.1) is 0 Å². The van der Waals surface area contributed by atoms with Gasteiger partial charge in [-0.05, 0) is 49.8 Å². The van der Waals surface area contributed by atoms with Crippen LogP contribution in [0.4, 0.5) is 5.69 Å². The van der Waals surface area contributed by atoms with Crippen LogP contribution in [0.15, 0.2) is 23.0 Å². The number of nitrogens with one attached hydrogen (secondary N) is 2. The highest BCUT2D eigenvalue weighted by Crippen LogP contribution is 2.24. The zero-order chi connectivity index (χ0) is 20.4. The average Bonchev–Trinajstić information content (AvgIpc) is 2.96. The van der Waals surface area contributed by atoms with Crippen LogP contribution >= 0.6 is 0 Å². The highest BCUT2D eigenvalue weighted by atomic mass is 16.2. The summed E-state index contributed by atoms with van der Waals surface area (Å²) in [4.78, 5) is 42.3. The van der Waals surface area contributed by atoms with Crippen LogP contribution < -0.4 is 16.2 Å². The highest BCUT2D eigenvalue weighted by Gasteiger charge is 2.25. The lowest BCUT2D eigenvalue weighted by atomic mass is 9.86. The lowest BCUT2D eigenvalue weighted by Crippen LogP contribution is -2.45. The minimum absolute atomic E-state index is 0.0444. The van der Waals surface area contributed by atoms with Gasteiger partial charge in [0.1, 0.15) is 5.82 Å². The fourth-order valence-corrected chi connectivity index (χ4v) is 4.45. The van der Waals surface area contributed by atoms with Crippen LogP contribution in [0.1, 0.15) is 57.7 Å². The number of fused-ring (bicyclic) bond motifs is 2. The van der Waals surface area contributed by atoms with Gasteiger partial charge in [0, 0.05) is 24.7 Å². The number of anilines is 1. The number of carbonyl (C=O) groups excluding carboxylic acids is 2. The summed E-state index contributed by atoms with van der Waals surface area (Å²) >= 11 is 0. The molecule has 154 valence electrons. The highest BCUT2D eigenvalue weighted by molar-refractivity contribution is 6.39. The van der Waals surface area contributed by atoms with E-state index in [0.717, 1.165) is 50.8 Å². The van der Waals surface area contributed by atoms with Gasteiger partial charge in [0.15, 0.2) is 0 Å². The second kappa shape index (κ2) is 8.35. The summed E-state index contributed by atoms with van der Waals surface area (Å²) in [5.74, 6) is -0.120. The lowest BCUT2D eigenvalue weighted by Gasteiger charge is -2.29. The van der Waals surface area contributed by atoms with Crippen LogP contribution in [-0.2, 0) is 22.6 Å². The molecule has 1 aromatic heterocycles. The smallest absolute Gasteiger partial charge is 0.313 e. The number of amides is 2. The Morgan fingerprint density at radius 3 is 2.72 bits per heavy atom. The average molecular weight is 396 g/mol. The number of hydrogen-bond donors (Lipinski definition) is 2. The molecule has 29 heavy (non-hydrogen) atoms. The normalized spacial score (nSPS) is 21.8. The first-order chi connectivity index (χ1) is 14.0. The number of benzene rings is 1. The van der Waals surface area contributed by atoms with E-state index >= 15 is 0 Å². The van der Waals surface area contributed by atoms with Gasteiger partial charge in [0.25, 0.3) is 5.56 Å². The van der Waals surface area contributed by atoms with Crippen molar-refractivity contribution >= 4 is 28.4 Å². The van der Waals surface area contributed by atoms with Crippen LogP contribution in [0.5, 0.6) is 0 Å². The lowest BCUT2D eigenvalue weighted by molar-refractivity contribution is -0.137. The topological polar surface area (TPSA) is 93.1 Å². The molecule has 1 aromatic carbocycles. The van der Waals surface area contributed by atoms with Crippen molar-refractivity contribution in [3.63, 3.8) is 0 Å². The molecule has 7 nitrogen and oxygen atoms in total. The van der Waals surface area contributed by atoms with E-state index in [1.54, 1.807) is 22.8 Å². The van der Waals surface area contributed by atoms with Crippen molar-refractivity contribution in [1.29, 1.82) is 0 Å². The number of aromatic nitrogens is 2. The number of nitrogens with zero attached hydrogens (tertiary/aromatic N) is 2. The van der Waals surface area contributed by atoms with E-state index in [1.807, 2.05) is 0 Å². The van der Waals surface area contributed by atoms with E-state index in [4.69, 9.17) is 0 Å². The summed E-state index contributed by atoms with van der Waals surface area (Å²) in [6.45, 7) is 2.78. The minimum atomic E-state index is -0.704. The van der Waals surface area contributed by atoms with Crippen LogP contribution in [0.25, 0.3) is 10.9 Å². The third-order valence-corrected chi connectivity index (χ3v) is 6.21. The third kappa shape index (κ3) is 4.18. The van der Waals surface area contributed by atoms with Crippen LogP contribution in [0.3, 0.4) is 0 Å². The largest absolute Gasteiger partial charge is 0.345 e. The first kappa shape index (κ1) is 19.6. The molecule has 2 aromatic rings. The quantitative estimate of drug-likeness (QED) is 0.764. The van der Waals surface area contributed by atoms with Crippen LogP contribution in [0.2, 0.25) is 0 Å².